The van der Waals surface area contributed by atoms with Crippen molar-refractivity contribution < 1.29 is 14.0 Å². The first kappa shape index (κ1) is 14.0. The second-order valence-electron chi connectivity index (χ2n) is 6.47. The normalized spacial score (nSPS) is 17.6. The number of hydrogen-bond acceptors (Lipinski definition) is 4. The quantitative estimate of drug-likeness (QED) is 0.909. The topological polar surface area (TPSA) is 91.2 Å². The van der Waals surface area contributed by atoms with Gasteiger partial charge in [-0.3, -0.25) is 14.7 Å². The Morgan fingerprint density at radius 1 is 1.43 bits per heavy atom. The number of nitrogens with one attached hydrogen (secondary N) is 2. The van der Waals surface area contributed by atoms with Crippen LogP contribution in [-0.2, 0) is 16.9 Å². The molecule has 0 saturated heterocycles. The number of nitrogens with zero attached hydrogens (tertiary/aromatic N) is 2. The van der Waals surface area contributed by atoms with Gasteiger partial charge in [0.2, 0.25) is 5.91 Å². The van der Waals surface area contributed by atoms with Crippen molar-refractivity contribution in [1.29, 1.82) is 0 Å². The van der Waals surface area contributed by atoms with Gasteiger partial charge in [-0.2, -0.15) is 5.10 Å². The zero-order chi connectivity index (χ0) is 16.2. The molecule has 120 valence electrons. The fourth-order valence-electron chi connectivity index (χ4n) is 3.27. The molecule has 1 spiro atoms. The molecule has 0 bridgehead atoms. The molecule has 2 aromatic rings. The molecule has 2 amide bonds. The average molecular weight is 314 g/mol. The molecule has 0 atom stereocenters. The maximum absolute atomic E-state index is 12.5. The van der Waals surface area contributed by atoms with E-state index in [1.165, 1.54) is 6.26 Å². The van der Waals surface area contributed by atoms with E-state index in [0.717, 1.165) is 24.1 Å². The summed E-state index contributed by atoms with van der Waals surface area (Å²) in [6, 6.07) is 3.26. The van der Waals surface area contributed by atoms with Gasteiger partial charge in [-0.05, 0) is 25.0 Å². The van der Waals surface area contributed by atoms with Crippen LogP contribution in [0.5, 0.6) is 0 Å². The number of carbonyl (C=O) groups is 2. The van der Waals surface area contributed by atoms with Crippen LogP contribution in [0.15, 0.2) is 22.8 Å². The lowest BCUT2D eigenvalue weighted by molar-refractivity contribution is -0.137. The highest BCUT2D eigenvalue weighted by Crippen LogP contribution is 2.57. The highest BCUT2D eigenvalue weighted by Gasteiger charge is 2.58. The zero-order valence-electron chi connectivity index (χ0n) is 13.0. The monoisotopic (exact) mass is 314 g/mol. The standard InChI is InChI=1S/C16H18N4O3/c1-9(2)15(22)20-8-10-12(16(20)5-6-16)18-19-13(10)17-14(21)11-4-3-7-23-11/h3-4,7,9H,5-6,8H2,1-2H3,(H2,17,18,19,21). The summed E-state index contributed by atoms with van der Waals surface area (Å²) in [5.41, 5.74) is 1.62. The molecule has 0 radical (unpaired) electrons. The van der Waals surface area contributed by atoms with Crippen molar-refractivity contribution in [3.63, 3.8) is 0 Å². The molecule has 2 N–H and O–H groups in total. The first-order valence-electron chi connectivity index (χ1n) is 7.77. The SMILES string of the molecule is CC(C)C(=O)N1Cc2c(NC(=O)c3ccco3)n[nH]c2C12CC2. The summed E-state index contributed by atoms with van der Waals surface area (Å²) >= 11 is 0. The number of rotatable bonds is 3. The van der Waals surface area contributed by atoms with E-state index in [9.17, 15) is 9.59 Å². The number of carbonyl (C=O) groups excluding carboxylic acids is 2. The molecule has 2 aromatic heterocycles. The molecule has 3 heterocycles. The van der Waals surface area contributed by atoms with E-state index in [-0.39, 0.29) is 29.0 Å². The maximum Gasteiger partial charge on any atom is 0.292 e. The Labute approximate surface area is 133 Å². The van der Waals surface area contributed by atoms with Crippen LogP contribution < -0.4 is 5.32 Å². The Bertz CT molecular complexity index is 771. The second kappa shape index (κ2) is 4.71. The van der Waals surface area contributed by atoms with Crippen molar-refractivity contribution in [2.24, 2.45) is 5.92 Å². The van der Waals surface area contributed by atoms with Gasteiger partial charge in [0, 0.05) is 11.5 Å². The Balaban J connectivity index is 1.61. The van der Waals surface area contributed by atoms with Crippen LogP contribution in [0.25, 0.3) is 0 Å². The number of amides is 2. The lowest BCUT2D eigenvalue weighted by Crippen LogP contribution is -2.38. The van der Waals surface area contributed by atoms with Crippen LogP contribution in [0.2, 0.25) is 0 Å². The van der Waals surface area contributed by atoms with E-state index in [4.69, 9.17) is 4.42 Å². The molecular formula is C16H18N4O3. The van der Waals surface area contributed by atoms with Gasteiger partial charge in [-0.25, -0.2) is 0 Å². The Morgan fingerprint density at radius 2 is 2.22 bits per heavy atom. The summed E-state index contributed by atoms with van der Waals surface area (Å²) in [5, 5.41) is 10.0. The highest BCUT2D eigenvalue weighted by atomic mass is 16.3. The Hall–Kier alpha value is -2.57. The van der Waals surface area contributed by atoms with E-state index < -0.39 is 0 Å². The number of hydrogen-bond donors (Lipinski definition) is 2. The summed E-state index contributed by atoms with van der Waals surface area (Å²) < 4.78 is 5.09. The Kier molecular flexibility index (Phi) is 2.88. The molecular weight excluding hydrogens is 296 g/mol. The predicted octanol–water partition coefficient (Wildman–Crippen LogP) is 2.24. The lowest BCUT2D eigenvalue weighted by Gasteiger charge is -2.26. The zero-order valence-corrected chi connectivity index (χ0v) is 13.0. The second-order valence-corrected chi connectivity index (χ2v) is 6.47. The van der Waals surface area contributed by atoms with Gasteiger partial charge in [0.25, 0.3) is 5.91 Å². The van der Waals surface area contributed by atoms with Crippen LogP contribution in [0.4, 0.5) is 5.82 Å². The predicted molar refractivity (Wildman–Crippen MR) is 81.5 cm³/mol. The van der Waals surface area contributed by atoms with E-state index in [1.807, 2.05) is 18.7 Å². The molecule has 1 aliphatic heterocycles. The molecule has 4 rings (SSSR count). The van der Waals surface area contributed by atoms with Crippen molar-refractivity contribution >= 4 is 17.6 Å². The molecule has 7 nitrogen and oxygen atoms in total. The van der Waals surface area contributed by atoms with Crippen LogP contribution in [-0.4, -0.2) is 26.9 Å². The molecule has 0 aromatic carbocycles. The van der Waals surface area contributed by atoms with Crippen LogP contribution >= 0.6 is 0 Å². The largest absolute Gasteiger partial charge is 0.459 e. The van der Waals surface area contributed by atoms with E-state index >= 15 is 0 Å². The molecule has 0 unspecified atom stereocenters. The molecule has 2 aliphatic rings. The van der Waals surface area contributed by atoms with Gasteiger partial charge in [0.1, 0.15) is 0 Å². The molecule has 1 saturated carbocycles. The summed E-state index contributed by atoms with van der Waals surface area (Å²) in [6.07, 6.45) is 3.32. The number of furan rings is 1. The fourth-order valence-corrected chi connectivity index (χ4v) is 3.27. The van der Waals surface area contributed by atoms with E-state index in [0.29, 0.717) is 12.4 Å². The van der Waals surface area contributed by atoms with Gasteiger partial charge in [-0.15, -0.1) is 0 Å². The third-order valence-electron chi connectivity index (χ3n) is 4.63. The van der Waals surface area contributed by atoms with Gasteiger partial charge in [0.05, 0.1) is 24.0 Å². The smallest absolute Gasteiger partial charge is 0.292 e. The summed E-state index contributed by atoms with van der Waals surface area (Å²) in [5.74, 6) is 0.450. The minimum Gasteiger partial charge on any atom is -0.459 e. The van der Waals surface area contributed by atoms with Gasteiger partial charge in [0.15, 0.2) is 11.6 Å². The van der Waals surface area contributed by atoms with Gasteiger partial charge in [-0.1, -0.05) is 13.8 Å². The number of aromatic nitrogens is 2. The Morgan fingerprint density at radius 3 is 2.83 bits per heavy atom. The number of aromatic amines is 1. The first-order valence-corrected chi connectivity index (χ1v) is 7.77. The summed E-state index contributed by atoms with van der Waals surface area (Å²) in [6.45, 7) is 4.29. The fraction of sp³-hybridized carbons (Fsp3) is 0.438. The van der Waals surface area contributed by atoms with Crippen molar-refractivity contribution in [3.8, 4) is 0 Å². The maximum atomic E-state index is 12.5. The summed E-state index contributed by atoms with van der Waals surface area (Å²) in [4.78, 5) is 26.5. The molecule has 23 heavy (non-hydrogen) atoms. The van der Waals surface area contributed by atoms with Crippen molar-refractivity contribution in [2.75, 3.05) is 5.32 Å². The van der Waals surface area contributed by atoms with E-state index in [1.54, 1.807) is 12.1 Å². The average Bonchev–Trinajstić information content (AvgIpc) is 2.91. The van der Waals surface area contributed by atoms with Crippen LogP contribution in [0, 0.1) is 5.92 Å². The van der Waals surface area contributed by atoms with Crippen molar-refractivity contribution in [3.05, 3.63) is 35.4 Å². The lowest BCUT2D eigenvalue weighted by atomic mass is 10.1. The first-order chi connectivity index (χ1) is 11.0. The third-order valence-corrected chi connectivity index (χ3v) is 4.63. The van der Waals surface area contributed by atoms with Crippen LogP contribution in [0.1, 0.15) is 48.5 Å². The van der Waals surface area contributed by atoms with Gasteiger partial charge >= 0.3 is 0 Å². The number of anilines is 1. The minimum atomic E-state index is -0.345. The third kappa shape index (κ3) is 1.99. The molecule has 1 fully saturated rings. The van der Waals surface area contributed by atoms with Crippen LogP contribution in [0.3, 0.4) is 0 Å². The minimum absolute atomic E-state index is 0.0504. The van der Waals surface area contributed by atoms with Crippen molar-refractivity contribution in [1.82, 2.24) is 15.1 Å². The molecule has 1 aliphatic carbocycles. The van der Waals surface area contributed by atoms with E-state index in [2.05, 4.69) is 15.5 Å². The highest BCUT2D eigenvalue weighted by molar-refractivity contribution is 6.02. The number of fused-ring (bicyclic) bond motifs is 2. The summed E-state index contributed by atoms with van der Waals surface area (Å²) in [7, 11) is 0. The molecule has 7 heteroatoms. The van der Waals surface area contributed by atoms with Gasteiger partial charge < -0.3 is 14.6 Å². The van der Waals surface area contributed by atoms with Crippen molar-refractivity contribution in [2.45, 2.75) is 38.8 Å². The number of H-pyrrole nitrogens is 1.